The third-order valence-corrected chi connectivity index (χ3v) is 4.38. The normalized spacial score (nSPS) is 13.8. The lowest BCUT2D eigenvalue weighted by Crippen LogP contribution is -2.37. The fraction of sp³-hybridized carbons (Fsp3) is 0.389. The molecule has 2 aromatic rings. The molecule has 0 aliphatic carbocycles. The van der Waals surface area contributed by atoms with Crippen LogP contribution in [0.15, 0.2) is 29.1 Å². The first-order chi connectivity index (χ1) is 11.7. The molecule has 1 aromatic heterocycles. The molecule has 124 valence electrons. The van der Waals surface area contributed by atoms with Gasteiger partial charge < -0.3 is 10.3 Å². The Morgan fingerprint density at radius 2 is 1.88 bits per heavy atom. The molecule has 6 nitrogen and oxygen atoms in total. The highest BCUT2D eigenvalue weighted by Crippen LogP contribution is 2.21. The van der Waals surface area contributed by atoms with Crippen molar-refractivity contribution in [1.29, 1.82) is 5.26 Å². The number of nitriles is 1. The Morgan fingerprint density at radius 1 is 1.25 bits per heavy atom. The molecular formula is C18H21N5O. The summed E-state index contributed by atoms with van der Waals surface area (Å²) in [6.07, 6.45) is 1.77. The molecule has 0 fully saturated rings. The van der Waals surface area contributed by atoms with E-state index < -0.39 is 0 Å². The van der Waals surface area contributed by atoms with E-state index >= 15 is 0 Å². The number of hydrogen-bond acceptors (Lipinski definition) is 5. The van der Waals surface area contributed by atoms with Crippen LogP contribution in [0.4, 0.5) is 5.82 Å². The van der Waals surface area contributed by atoms with Crippen molar-refractivity contribution in [3.8, 4) is 6.07 Å². The summed E-state index contributed by atoms with van der Waals surface area (Å²) in [5.41, 5.74) is 5.38. The zero-order valence-electron chi connectivity index (χ0n) is 14.0. The predicted molar refractivity (Wildman–Crippen MR) is 93.9 cm³/mol. The number of benzene rings is 1. The highest BCUT2D eigenvalue weighted by molar-refractivity contribution is 5.54. The van der Waals surface area contributed by atoms with Crippen LogP contribution in [0.1, 0.15) is 29.4 Å². The lowest BCUT2D eigenvalue weighted by molar-refractivity contribution is 0.725. The van der Waals surface area contributed by atoms with Crippen LogP contribution in [0.25, 0.3) is 0 Å². The average molecular weight is 323 g/mol. The van der Waals surface area contributed by atoms with E-state index in [0.29, 0.717) is 18.2 Å². The van der Waals surface area contributed by atoms with E-state index in [0.717, 1.165) is 25.9 Å². The molecule has 0 saturated heterocycles. The number of fused-ring (bicyclic) bond motifs is 1. The molecular weight excluding hydrogens is 302 g/mol. The Kier molecular flexibility index (Phi) is 4.52. The zero-order chi connectivity index (χ0) is 17.1. The Morgan fingerprint density at radius 3 is 2.42 bits per heavy atom. The lowest BCUT2D eigenvalue weighted by Gasteiger charge is -2.23. The number of anilines is 1. The summed E-state index contributed by atoms with van der Waals surface area (Å²) in [6.45, 7) is 5.77. The summed E-state index contributed by atoms with van der Waals surface area (Å²) >= 11 is 0. The van der Waals surface area contributed by atoms with E-state index in [-0.39, 0.29) is 11.1 Å². The molecule has 0 spiro atoms. The van der Waals surface area contributed by atoms with Crippen LogP contribution in [0.5, 0.6) is 0 Å². The van der Waals surface area contributed by atoms with Crippen LogP contribution in [-0.4, -0.2) is 29.3 Å². The zero-order valence-corrected chi connectivity index (χ0v) is 14.0. The average Bonchev–Trinajstić information content (AvgIpc) is 2.81. The second-order valence-electron chi connectivity index (χ2n) is 5.88. The molecule has 0 radical (unpaired) electrons. The summed E-state index contributed by atoms with van der Waals surface area (Å²) in [7, 11) is 0. The molecule has 0 atom stereocenters. The van der Waals surface area contributed by atoms with Crippen LogP contribution in [0.2, 0.25) is 0 Å². The highest BCUT2D eigenvalue weighted by atomic mass is 16.1. The van der Waals surface area contributed by atoms with Gasteiger partial charge in [-0.3, -0.25) is 4.79 Å². The van der Waals surface area contributed by atoms with Gasteiger partial charge in [-0.25, -0.2) is 9.66 Å². The van der Waals surface area contributed by atoms with Gasteiger partial charge in [0, 0.05) is 19.6 Å². The van der Waals surface area contributed by atoms with Crippen LogP contribution >= 0.6 is 0 Å². The third-order valence-electron chi connectivity index (χ3n) is 4.38. The molecule has 0 unspecified atom stereocenters. The number of nitrogens with zero attached hydrogens (tertiary/aromatic N) is 4. The summed E-state index contributed by atoms with van der Waals surface area (Å²) in [6, 6.07) is 10.4. The number of hydrogen-bond donors (Lipinski definition) is 1. The van der Waals surface area contributed by atoms with Gasteiger partial charge in [0.05, 0.1) is 0 Å². The second-order valence-corrected chi connectivity index (χ2v) is 5.88. The van der Waals surface area contributed by atoms with E-state index in [1.165, 1.54) is 15.8 Å². The van der Waals surface area contributed by atoms with Crippen molar-refractivity contribution >= 4 is 5.82 Å². The van der Waals surface area contributed by atoms with Crippen molar-refractivity contribution < 1.29 is 0 Å². The fourth-order valence-electron chi connectivity index (χ4n) is 3.16. The van der Waals surface area contributed by atoms with E-state index in [9.17, 15) is 10.1 Å². The minimum Gasteiger partial charge on any atom is -0.355 e. The van der Waals surface area contributed by atoms with Crippen LogP contribution in [0, 0.1) is 18.3 Å². The molecule has 0 bridgehead atoms. The molecule has 24 heavy (non-hydrogen) atoms. The first-order valence-corrected chi connectivity index (χ1v) is 8.25. The molecule has 0 saturated carbocycles. The first kappa shape index (κ1) is 16.1. The van der Waals surface area contributed by atoms with E-state index in [1.807, 2.05) is 6.92 Å². The van der Waals surface area contributed by atoms with Gasteiger partial charge in [0.25, 0.3) is 5.56 Å². The molecule has 1 aliphatic rings. The molecule has 0 amide bonds. The van der Waals surface area contributed by atoms with Crippen LogP contribution in [0.3, 0.4) is 0 Å². The first-order valence-electron chi connectivity index (χ1n) is 8.25. The van der Waals surface area contributed by atoms with Crippen LogP contribution < -0.4 is 15.9 Å². The molecule has 1 aliphatic heterocycles. The molecule has 3 rings (SSSR count). The van der Waals surface area contributed by atoms with Crippen molar-refractivity contribution in [3.05, 3.63) is 57.1 Å². The van der Waals surface area contributed by atoms with Gasteiger partial charge in [0.15, 0.2) is 11.4 Å². The summed E-state index contributed by atoms with van der Waals surface area (Å²) in [5, 5.41) is 9.50. The molecule has 1 N–H and O–H groups in total. The van der Waals surface area contributed by atoms with E-state index in [1.54, 1.807) is 6.92 Å². The van der Waals surface area contributed by atoms with Crippen LogP contribution in [-0.2, 0) is 12.8 Å². The van der Waals surface area contributed by atoms with Gasteiger partial charge in [0.2, 0.25) is 0 Å². The Labute approximate surface area is 141 Å². The van der Waals surface area contributed by atoms with Gasteiger partial charge in [-0.2, -0.15) is 5.26 Å². The predicted octanol–water partition coefficient (Wildman–Crippen LogP) is 1.59. The Bertz CT molecular complexity index is 822. The maximum absolute atomic E-state index is 12.6. The minimum atomic E-state index is -0.330. The Hall–Kier alpha value is -2.81. The molecule has 1 aromatic carbocycles. The number of nitrogens with one attached hydrogen (secondary N) is 1. The maximum atomic E-state index is 12.6. The van der Waals surface area contributed by atoms with Crippen molar-refractivity contribution in [2.75, 3.05) is 30.0 Å². The number of aryl methyl sites for hydroxylation is 1. The monoisotopic (exact) mass is 323 g/mol. The summed E-state index contributed by atoms with van der Waals surface area (Å²) < 4.78 is 1.36. The topological polar surface area (TPSA) is 74.0 Å². The smallest absolute Gasteiger partial charge is 0.292 e. The van der Waals surface area contributed by atoms with E-state index in [4.69, 9.17) is 0 Å². The SMILES string of the molecule is CCNn1c(C)nc(N2CCc3ccccc3CC2)c(C#N)c1=O. The van der Waals surface area contributed by atoms with Gasteiger partial charge >= 0.3 is 0 Å². The number of aromatic nitrogens is 2. The molecule has 6 heteroatoms. The lowest BCUT2D eigenvalue weighted by atomic mass is 10.0. The molecule has 2 heterocycles. The van der Waals surface area contributed by atoms with Crippen molar-refractivity contribution in [2.45, 2.75) is 26.7 Å². The standard InChI is InChI=1S/C18H21N5O/c1-3-20-23-13(2)21-17(16(12-19)18(23)24)22-10-8-14-6-4-5-7-15(14)9-11-22/h4-7,20H,3,8-11H2,1-2H3. The summed E-state index contributed by atoms with van der Waals surface area (Å²) in [4.78, 5) is 19.2. The van der Waals surface area contributed by atoms with E-state index in [2.05, 4.69) is 45.6 Å². The minimum absolute atomic E-state index is 0.104. The van der Waals surface area contributed by atoms with Gasteiger partial charge in [-0.05, 0) is 37.8 Å². The Balaban J connectivity index is 1.99. The van der Waals surface area contributed by atoms with Gasteiger partial charge in [-0.15, -0.1) is 0 Å². The highest BCUT2D eigenvalue weighted by Gasteiger charge is 2.22. The van der Waals surface area contributed by atoms with Gasteiger partial charge in [-0.1, -0.05) is 24.3 Å². The largest absolute Gasteiger partial charge is 0.355 e. The maximum Gasteiger partial charge on any atom is 0.292 e. The fourth-order valence-corrected chi connectivity index (χ4v) is 3.16. The summed E-state index contributed by atoms with van der Waals surface area (Å²) in [5.74, 6) is 1.07. The van der Waals surface area contributed by atoms with Crippen molar-refractivity contribution in [1.82, 2.24) is 9.66 Å². The van der Waals surface area contributed by atoms with Gasteiger partial charge in [0.1, 0.15) is 11.9 Å². The second kappa shape index (κ2) is 6.75. The van der Waals surface area contributed by atoms with Crippen molar-refractivity contribution in [2.24, 2.45) is 0 Å². The third kappa shape index (κ3) is 2.85. The quantitative estimate of drug-likeness (QED) is 0.928. The van der Waals surface area contributed by atoms with Crippen molar-refractivity contribution in [3.63, 3.8) is 0 Å². The number of rotatable bonds is 3.